The number of hydrogen-bond donors (Lipinski definition) is 2. The van der Waals surface area contributed by atoms with Gasteiger partial charge in [-0.1, -0.05) is 62.1 Å². The third-order valence-electron chi connectivity index (χ3n) is 17.2. The fourth-order valence-corrected chi connectivity index (χ4v) is 12.8. The quantitative estimate of drug-likeness (QED) is 0.179. The largest absolute Gasteiger partial charge is 0.353 e. The van der Waals surface area contributed by atoms with Crippen molar-refractivity contribution >= 4 is 41.0 Å². The van der Waals surface area contributed by atoms with Crippen molar-refractivity contribution < 1.29 is 19.2 Å². The SMILES string of the molecule is CC1CCc2ncnc(N3CCN(C(=O)C(CN4CCC(CN5CCN(C(=O)C(NC(=O)c6cccc(C7CCCN(C(=O)CNC8CC8)C7)c6)C6CCCCC6)CC5)CC4)c4ccc(Cl)cc4)CC3)c21. The number of carbonyl (C=O) groups excluding carboxylic acids is 4. The number of piperazine rings is 2. The molecule has 3 aliphatic carbocycles. The van der Waals surface area contributed by atoms with E-state index in [9.17, 15) is 19.2 Å². The van der Waals surface area contributed by atoms with Gasteiger partial charge in [0.25, 0.3) is 5.91 Å². The molecule has 1 aromatic heterocycles. The third kappa shape index (κ3) is 12.3. The molecule has 14 nitrogen and oxygen atoms in total. The van der Waals surface area contributed by atoms with Crippen LogP contribution < -0.4 is 15.5 Å². The average Bonchev–Trinajstić information content (AvgIpc) is 4.18. The lowest BCUT2D eigenvalue weighted by Gasteiger charge is -2.41. The van der Waals surface area contributed by atoms with Gasteiger partial charge in [0.05, 0.1) is 12.5 Å². The number of carbonyl (C=O) groups is 4. The van der Waals surface area contributed by atoms with E-state index in [0.29, 0.717) is 74.3 Å². The first kappa shape index (κ1) is 49.9. The lowest BCUT2D eigenvalue weighted by atomic mass is 9.83. The summed E-state index contributed by atoms with van der Waals surface area (Å²) in [6.07, 6.45) is 15.5. The Kier molecular flexibility index (Phi) is 16.2. The molecule has 0 bridgehead atoms. The summed E-state index contributed by atoms with van der Waals surface area (Å²) >= 11 is 6.34. The highest BCUT2D eigenvalue weighted by atomic mass is 35.5. The second-order valence-corrected chi connectivity index (χ2v) is 22.5. The molecule has 3 aromatic rings. The number of likely N-dealkylation sites (tertiary alicyclic amines) is 2. The number of fused-ring (bicyclic) bond motifs is 1. The number of benzene rings is 2. The Balaban J connectivity index is 0.702. The van der Waals surface area contributed by atoms with Gasteiger partial charge in [-0.2, -0.15) is 0 Å². The summed E-state index contributed by atoms with van der Waals surface area (Å²) in [5.74, 6) is 2.36. The molecule has 15 heteroatoms. The van der Waals surface area contributed by atoms with Crippen molar-refractivity contribution in [1.82, 2.24) is 45.1 Å². The highest BCUT2D eigenvalue weighted by molar-refractivity contribution is 6.30. The Bertz CT molecular complexity index is 2320. The minimum atomic E-state index is -0.536. The number of hydrogen-bond acceptors (Lipinski definition) is 10. The van der Waals surface area contributed by atoms with Gasteiger partial charge in [-0.3, -0.25) is 24.1 Å². The van der Waals surface area contributed by atoms with Gasteiger partial charge in [0.2, 0.25) is 17.7 Å². The van der Waals surface area contributed by atoms with Gasteiger partial charge in [-0.25, -0.2) is 9.97 Å². The van der Waals surface area contributed by atoms with E-state index in [1.165, 1.54) is 17.7 Å². The maximum Gasteiger partial charge on any atom is 0.251 e. The van der Waals surface area contributed by atoms with Crippen LogP contribution in [0, 0.1) is 11.8 Å². The fourth-order valence-electron chi connectivity index (χ4n) is 12.7. The maximum absolute atomic E-state index is 14.5. The van der Waals surface area contributed by atoms with Crippen LogP contribution >= 0.6 is 11.6 Å². The average molecular weight is 990 g/mol. The van der Waals surface area contributed by atoms with Gasteiger partial charge in [0.1, 0.15) is 18.2 Å². The van der Waals surface area contributed by atoms with E-state index < -0.39 is 6.04 Å². The number of amides is 4. The van der Waals surface area contributed by atoms with Crippen molar-refractivity contribution in [2.45, 2.75) is 120 Å². The van der Waals surface area contributed by atoms with Crippen LogP contribution in [0.3, 0.4) is 0 Å². The summed E-state index contributed by atoms with van der Waals surface area (Å²) in [5.41, 5.74) is 5.16. The van der Waals surface area contributed by atoms with Crippen LogP contribution in [0.25, 0.3) is 0 Å². The van der Waals surface area contributed by atoms with Crippen LogP contribution in [0.4, 0.5) is 5.82 Å². The van der Waals surface area contributed by atoms with Gasteiger partial charge < -0.3 is 35.1 Å². The second-order valence-electron chi connectivity index (χ2n) is 22.1. The minimum absolute atomic E-state index is 0.0609. The molecule has 2 N–H and O–H groups in total. The maximum atomic E-state index is 14.5. The van der Waals surface area contributed by atoms with Crippen LogP contribution in [0.15, 0.2) is 54.9 Å². The molecule has 2 saturated carbocycles. The van der Waals surface area contributed by atoms with E-state index in [2.05, 4.69) is 48.2 Å². The Hall–Kier alpha value is -4.63. The van der Waals surface area contributed by atoms with Crippen molar-refractivity contribution in [1.29, 1.82) is 0 Å². The van der Waals surface area contributed by atoms with Crippen LogP contribution in [0.2, 0.25) is 5.02 Å². The molecule has 0 radical (unpaired) electrons. The van der Waals surface area contributed by atoms with E-state index in [1.807, 2.05) is 52.3 Å². The molecule has 10 rings (SSSR count). The van der Waals surface area contributed by atoms with Gasteiger partial charge in [0, 0.05) is 112 Å². The van der Waals surface area contributed by atoms with Gasteiger partial charge in [-0.05, 0) is 130 Å². The van der Waals surface area contributed by atoms with E-state index in [1.54, 1.807) is 6.33 Å². The summed E-state index contributed by atoms with van der Waals surface area (Å²) in [6.45, 7) is 13.6. The first-order valence-corrected chi connectivity index (χ1v) is 27.8. The molecule has 4 atom stereocenters. The first-order chi connectivity index (χ1) is 34.6. The molecule has 4 saturated heterocycles. The van der Waals surface area contributed by atoms with E-state index in [4.69, 9.17) is 16.6 Å². The number of nitrogens with one attached hydrogen (secondary N) is 2. The monoisotopic (exact) mass is 989 g/mol. The summed E-state index contributed by atoms with van der Waals surface area (Å²) < 4.78 is 0. The molecule has 71 heavy (non-hydrogen) atoms. The molecule has 2 aromatic carbocycles. The second kappa shape index (κ2) is 23.1. The number of rotatable bonds is 15. The smallest absolute Gasteiger partial charge is 0.251 e. The molecular weight excluding hydrogens is 912 g/mol. The van der Waals surface area contributed by atoms with E-state index >= 15 is 0 Å². The number of anilines is 1. The van der Waals surface area contributed by atoms with Crippen molar-refractivity contribution in [2.75, 3.05) is 103 Å². The minimum Gasteiger partial charge on any atom is -0.353 e. The number of piperidine rings is 2. The molecular formula is C56H77ClN10O4. The first-order valence-electron chi connectivity index (χ1n) is 27.4. The van der Waals surface area contributed by atoms with Gasteiger partial charge in [0.15, 0.2) is 0 Å². The Labute approximate surface area is 426 Å². The highest BCUT2D eigenvalue weighted by Crippen LogP contribution is 2.38. The third-order valence-corrected chi connectivity index (χ3v) is 17.5. The normalized spacial score (nSPS) is 23.9. The van der Waals surface area contributed by atoms with Crippen LogP contribution in [0.5, 0.6) is 0 Å². The number of halogens is 1. The fraction of sp³-hybridized carbons (Fsp3) is 0.643. The molecule has 0 spiro atoms. The Morgan fingerprint density at radius 1 is 0.718 bits per heavy atom. The highest BCUT2D eigenvalue weighted by Gasteiger charge is 2.38. The standard InChI is InChI=1S/C56H77ClN10O4/c1-39-12-19-49-51(39)53(60-38-59-49)64-29-31-65(32-30-64)55(70)48(41-13-15-46(57)16-14-41)37-62-23-20-40(21-24-62)35-63-25-27-66(28-26-63)56(71)52(42-7-3-2-4-8-42)61-54(69)44-10-5-9-43(33-44)45-11-6-22-67(36-45)50(68)34-58-47-17-18-47/h5,9-10,13-16,33,38-40,42,45,47-48,52,58H,2-4,6-8,11-12,17-32,34-37H2,1H3,(H,61,69). The van der Waals surface area contributed by atoms with Crippen molar-refractivity contribution in [2.24, 2.45) is 11.8 Å². The topological polar surface area (TPSA) is 138 Å². The van der Waals surface area contributed by atoms with Crippen LogP contribution in [-0.4, -0.2) is 168 Å². The zero-order valence-corrected chi connectivity index (χ0v) is 42.9. The van der Waals surface area contributed by atoms with Crippen LogP contribution in [-0.2, 0) is 20.8 Å². The Morgan fingerprint density at radius 2 is 1.45 bits per heavy atom. The number of aryl methyl sites for hydroxylation is 1. The lowest BCUT2D eigenvalue weighted by Crippen LogP contribution is -2.57. The van der Waals surface area contributed by atoms with Crippen molar-refractivity contribution in [3.8, 4) is 0 Å². The summed E-state index contributed by atoms with van der Waals surface area (Å²) in [4.78, 5) is 78.8. The molecule has 4 unspecified atom stereocenters. The molecule has 5 heterocycles. The zero-order valence-electron chi connectivity index (χ0n) is 42.1. The predicted molar refractivity (Wildman–Crippen MR) is 278 cm³/mol. The molecule has 7 aliphatic rings. The summed E-state index contributed by atoms with van der Waals surface area (Å²) in [7, 11) is 0. The van der Waals surface area contributed by atoms with Crippen molar-refractivity contribution in [3.05, 3.63) is 87.8 Å². The van der Waals surface area contributed by atoms with E-state index in [0.717, 1.165) is 146 Å². The lowest BCUT2D eigenvalue weighted by molar-refractivity contribution is -0.137. The van der Waals surface area contributed by atoms with E-state index in [-0.39, 0.29) is 41.4 Å². The van der Waals surface area contributed by atoms with Crippen molar-refractivity contribution in [3.63, 3.8) is 0 Å². The Morgan fingerprint density at radius 3 is 2.20 bits per heavy atom. The number of nitrogens with zero attached hydrogens (tertiary/aromatic N) is 8. The molecule has 382 valence electrons. The van der Waals surface area contributed by atoms with Gasteiger partial charge >= 0.3 is 0 Å². The summed E-state index contributed by atoms with van der Waals surface area (Å²) in [5, 5.41) is 7.32. The van der Waals surface area contributed by atoms with Crippen LogP contribution in [0.1, 0.15) is 134 Å². The predicted octanol–water partition coefficient (Wildman–Crippen LogP) is 6.31. The molecule has 4 amide bonds. The van der Waals surface area contributed by atoms with Gasteiger partial charge in [-0.15, -0.1) is 0 Å². The molecule has 6 fully saturated rings. The molecule has 4 aliphatic heterocycles. The zero-order chi connectivity index (χ0) is 48.8. The number of aromatic nitrogens is 2. The summed E-state index contributed by atoms with van der Waals surface area (Å²) in [6, 6.07) is 15.7.